The minimum absolute atomic E-state index is 0. The number of aliphatic hydroxyl groups excluding tert-OH is 1. The lowest BCUT2D eigenvalue weighted by atomic mass is 10.1. The van der Waals surface area contributed by atoms with E-state index in [1.165, 1.54) is 0 Å². The van der Waals surface area contributed by atoms with Crippen molar-refractivity contribution in [3.05, 3.63) is 35.9 Å². The van der Waals surface area contributed by atoms with Gasteiger partial charge in [-0.05, 0) is 12.5 Å². The molecule has 1 aromatic carbocycles. The molecular weight excluding hydrogens is 202 g/mol. The van der Waals surface area contributed by atoms with Crippen LogP contribution in [0.5, 0.6) is 0 Å². The zero-order chi connectivity index (χ0) is 9.68. The first-order valence-corrected chi connectivity index (χ1v) is 4.34. The van der Waals surface area contributed by atoms with Gasteiger partial charge < -0.3 is 15.5 Å². The van der Waals surface area contributed by atoms with E-state index in [-0.39, 0.29) is 25.0 Å². The Balaban J connectivity index is 0.00000169. The maximum absolute atomic E-state index is 8.64. The molecule has 0 aliphatic carbocycles. The second-order valence-electron chi connectivity index (χ2n) is 3.02. The van der Waals surface area contributed by atoms with Gasteiger partial charge in [0.05, 0.1) is 0 Å². The summed E-state index contributed by atoms with van der Waals surface area (Å²) in [5.74, 6) is 0. The highest BCUT2D eigenvalue weighted by molar-refractivity contribution is 5.85. The Morgan fingerprint density at radius 1 is 1.21 bits per heavy atom. The summed E-state index contributed by atoms with van der Waals surface area (Å²) in [7, 11) is 0. The van der Waals surface area contributed by atoms with Crippen LogP contribution in [0, 0.1) is 0 Å². The molecule has 0 fully saturated rings. The lowest BCUT2D eigenvalue weighted by Crippen LogP contribution is -2.28. The molecule has 0 aliphatic heterocycles. The average Bonchev–Trinajstić information content (AvgIpc) is 2.15. The number of rotatable bonds is 4. The zero-order valence-corrected chi connectivity index (χ0v) is 8.87. The van der Waals surface area contributed by atoms with Gasteiger partial charge in [-0.25, -0.2) is 0 Å². The molecule has 0 aliphatic rings. The number of halogens is 1. The van der Waals surface area contributed by atoms with Gasteiger partial charge in [0.15, 0.2) is 6.29 Å². The highest BCUT2D eigenvalue weighted by atomic mass is 35.5. The van der Waals surface area contributed by atoms with Gasteiger partial charge in [0, 0.05) is 12.6 Å². The average molecular weight is 218 g/mol. The van der Waals surface area contributed by atoms with E-state index in [4.69, 9.17) is 10.2 Å². The Morgan fingerprint density at radius 2 is 1.79 bits per heavy atom. The minimum atomic E-state index is -1.29. The topological polar surface area (TPSA) is 52.5 Å². The normalized spacial score (nSPS) is 12.3. The molecule has 0 heterocycles. The molecule has 3 N–H and O–H groups in total. The first-order chi connectivity index (χ1) is 6.20. The summed E-state index contributed by atoms with van der Waals surface area (Å²) in [4.78, 5) is 0. The molecule has 0 amide bonds. The van der Waals surface area contributed by atoms with Gasteiger partial charge in [-0.2, -0.15) is 0 Å². The van der Waals surface area contributed by atoms with Gasteiger partial charge >= 0.3 is 0 Å². The zero-order valence-electron chi connectivity index (χ0n) is 8.05. The standard InChI is InChI=1S/C10H15NO2.ClH/c1-8(11-7-10(12)13)9-5-3-2-4-6-9;/h2-6,8,10-13H,7H2,1H3;1H. The van der Waals surface area contributed by atoms with Crippen LogP contribution in [0.1, 0.15) is 18.5 Å². The summed E-state index contributed by atoms with van der Waals surface area (Å²) in [6.07, 6.45) is -1.29. The molecule has 0 saturated carbocycles. The van der Waals surface area contributed by atoms with Crippen LogP contribution in [0.15, 0.2) is 30.3 Å². The SMILES string of the molecule is CC(NCC(O)O)c1ccccc1.Cl. The number of hydrogen-bond acceptors (Lipinski definition) is 3. The van der Waals surface area contributed by atoms with Crippen LogP contribution in [0.4, 0.5) is 0 Å². The van der Waals surface area contributed by atoms with Crippen molar-refractivity contribution in [1.29, 1.82) is 0 Å². The van der Waals surface area contributed by atoms with Crippen LogP contribution >= 0.6 is 12.4 Å². The van der Waals surface area contributed by atoms with Gasteiger partial charge in [0.25, 0.3) is 0 Å². The molecule has 1 unspecified atom stereocenters. The summed E-state index contributed by atoms with van der Waals surface area (Å²) in [5.41, 5.74) is 1.14. The largest absolute Gasteiger partial charge is 0.367 e. The molecule has 0 bridgehead atoms. The van der Waals surface area contributed by atoms with Crippen molar-refractivity contribution in [2.45, 2.75) is 19.3 Å². The molecule has 1 rings (SSSR count). The van der Waals surface area contributed by atoms with Gasteiger partial charge in [-0.1, -0.05) is 30.3 Å². The summed E-state index contributed by atoms with van der Waals surface area (Å²) in [6.45, 7) is 2.17. The molecule has 80 valence electrons. The van der Waals surface area contributed by atoms with Gasteiger partial charge in [0.1, 0.15) is 0 Å². The van der Waals surface area contributed by atoms with E-state index in [0.29, 0.717) is 0 Å². The molecule has 4 heteroatoms. The van der Waals surface area contributed by atoms with Crippen LogP contribution in [0.2, 0.25) is 0 Å². The molecule has 0 radical (unpaired) electrons. The van der Waals surface area contributed by atoms with Gasteiger partial charge in [-0.3, -0.25) is 0 Å². The molecular formula is C10H16ClNO2. The van der Waals surface area contributed by atoms with Crippen molar-refractivity contribution in [3.63, 3.8) is 0 Å². The fourth-order valence-corrected chi connectivity index (χ4v) is 1.14. The molecule has 1 aromatic rings. The molecule has 1 atom stereocenters. The Hall–Kier alpha value is -0.610. The summed E-state index contributed by atoms with van der Waals surface area (Å²) < 4.78 is 0. The number of hydrogen-bond donors (Lipinski definition) is 3. The minimum Gasteiger partial charge on any atom is -0.367 e. The van der Waals surface area contributed by atoms with Crippen molar-refractivity contribution in [2.24, 2.45) is 0 Å². The predicted molar refractivity (Wildman–Crippen MR) is 58.3 cm³/mol. The monoisotopic (exact) mass is 217 g/mol. The van der Waals surface area contributed by atoms with Crippen molar-refractivity contribution >= 4 is 12.4 Å². The van der Waals surface area contributed by atoms with Crippen LogP contribution in [-0.4, -0.2) is 23.0 Å². The number of aliphatic hydroxyl groups is 2. The van der Waals surface area contributed by atoms with E-state index >= 15 is 0 Å². The maximum Gasteiger partial charge on any atom is 0.164 e. The van der Waals surface area contributed by atoms with E-state index < -0.39 is 6.29 Å². The van der Waals surface area contributed by atoms with Gasteiger partial charge in [0.2, 0.25) is 0 Å². The van der Waals surface area contributed by atoms with Crippen molar-refractivity contribution in [3.8, 4) is 0 Å². The molecule has 0 saturated heterocycles. The first-order valence-electron chi connectivity index (χ1n) is 4.34. The van der Waals surface area contributed by atoms with Crippen molar-refractivity contribution in [1.82, 2.24) is 5.32 Å². The van der Waals surface area contributed by atoms with Crippen LogP contribution in [0.3, 0.4) is 0 Å². The highest BCUT2D eigenvalue weighted by Crippen LogP contribution is 2.10. The molecule has 14 heavy (non-hydrogen) atoms. The summed E-state index contributed by atoms with van der Waals surface area (Å²) in [6, 6.07) is 10.0. The number of benzene rings is 1. The Morgan fingerprint density at radius 3 is 2.29 bits per heavy atom. The lowest BCUT2D eigenvalue weighted by Gasteiger charge is -2.14. The summed E-state index contributed by atoms with van der Waals surface area (Å²) >= 11 is 0. The lowest BCUT2D eigenvalue weighted by molar-refractivity contribution is -0.0386. The summed E-state index contributed by atoms with van der Waals surface area (Å²) in [5, 5.41) is 20.3. The maximum atomic E-state index is 8.64. The first kappa shape index (κ1) is 13.4. The Labute approximate surface area is 90.2 Å². The quantitative estimate of drug-likeness (QED) is 0.662. The van der Waals surface area contributed by atoms with E-state index in [0.717, 1.165) is 5.56 Å². The fraction of sp³-hybridized carbons (Fsp3) is 0.400. The van der Waals surface area contributed by atoms with Crippen LogP contribution in [0.25, 0.3) is 0 Å². The molecule has 3 nitrogen and oxygen atoms in total. The van der Waals surface area contributed by atoms with E-state index in [1.807, 2.05) is 37.3 Å². The predicted octanol–water partition coefficient (Wildman–Crippen LogP) is 1.07. The third-order valence-electron chi connectivity index (χ3n) is 1.91. The molecule has 0 aromatic heterocycles. The van der Waals surface area contributed by atoms with Crippen LogP contribution < -0.4 is 5.32 Å². The fourth-order valence-electron chi connectivity index (χ4n) is 1.14. The van der Waals surface area contributed by atoms with E-state index in [1.54, 1.807) is 0 Å². The second-order valence-corrected chi connectivity index (χ2v) is 3.02. The number of nitrogens with one attached hydrogen (secondary N) is 1. The Bertz CT molecular complexity index is 241. The van der Waals surface area contributed by atoms with Crippen LogP contribution in [-0.2, 0) is 0 Å². The Kier molecular flexibility index (Phi) is 6.49. The highest BCUT2D eigenvalue weighted by Gasteiger charge is 2.04. The van der Waals surface area contributed by atoms with Crippen molar-refractivity contribution in [2.75, 3.05) is 6.54 Å². The van der Waals surface area contributed by atoms with Crippen molar-refractivity contribution < 1.29 is 10.2 Å². The molecule has 0 spiro atoms. The third-order valence-corrected chi connectivity index (χ3v) is 1.91. The van der Waals surface area contributed by atoms with Gasteiger partial charge in [-0.15, -0.1) is 12.4 Å². The second kappa shape index (κ2) is 6.79. The van der Waals surface area contributed by atoms with E-state index in [9.17, 15) is 0 Å². The smallest absolute Gasteiger partial charge is 0.164 e. The van der Waals surface area contributed by atoms with E-state index in [2.05, 4.69) is 5.32 Å². The third kappa shape index (κ3) is 4.58.